The second-order valence-electron chi connectivity index (χ2n) is 7.49. The van der Waals surface area contributed by atoms with Crippen LogP contribution in [0.5, 0.6) is 0 Å². The summed E-state index contributed by atoms with van der Waals surface area (Å²) in [7, 11) is 0. The summed E-state index contributed by atoms with van der Waals surface area (Å²) in [4.78, 5) is 29.3. The lowest BCUT2D eigenvalue weighted by Gasteiger charge is -2.24. The van der Waals surface area contributed by atoms with E-state index in [-0.39, 0.29) is 19.3 Å². The van der Waals surface area contributed by atoms with E-state index < -0.39 is 35.0 Å². The van der Waals surface area contributed by atoms with E-state index in [1.165, 1.54) is 0 Å². The number of alkyl halides is 1. The zero-order chi connectivity index (χ0) is 18.8. The van der Waals surface area contributed by atoms with E-state index in [0.717, 1.165) is 0 Å². The molecule has 1 saturated carbocycles. The van der Waals surface area contributed by atoms with Gasteiger partial charge >= 0.3 is 5.97 Å². The van der Waals surface area contributed by atoms with Crippen molar-refractivity contribution in [2.24, 2.45) is 11.8 Å². The summed E-state index contributed by atoms with van der Waals surface area (Å²) in [5, 5.41) is 2.68. The molecule has 1 fully saturated rings. The highest BCUT2D eigenvalue weighted by molar-refractivity contribution is 9.10. The molecule has 0 bridgehead atoms. The topological polar surface area (TPSA) is 68.3 Å². The molecule has 1 N–H and O–H groups in total. The molecule has 2 rings (SSSR count). The maximum absolute atomic E-state index is 14.9. The number of ether oxygens (including phenoxy) is 1. The first-order chi connectivity index (χ1) is 11.5. The van der Waals surface area contributed by atoms with Crippen LogP contribution >= 0.6 is 15.9 Å². The van der Waals surface area contributed by atoms with Crippen molar-refractivity contribution in [1.29, 1.82) is 0 Å². The fourth-order valence-electron chi connectivity index (χ4n) is 3.04. The van der Waals surface area contributed by atoms with Gasteiger partial charge < -0.3 is 10.1 Å². The normalized spacial score (nSPS) is 26.3. The smallest absolute Gasteiger partial charge is 0.310 e. The lowest BCUT2D eigenvalue weighted by Crippen LogP contribution is -2.35. The van der Waals surface area contributed by atoms with Crippen molar-refractivity contribution < 1.29 is 18.7 Å². The number of hydrogen-bond donors (Lipinski definition) is 1. The van der Waals surface area contributed by atoms with Crippen LogP contribution in [0.1, 0.15) is 47.0 Å². The Hall–Kier alpha value is -1.50. The third-order valence-corrected chi connectivity index (χ3v) is 4.75. The molecule has 1 amide bonds. The highest BCUT2D eigenvalue weighted by Crippen LogP contribution is 2.45. The average molecular weight is 415 g/mol. The second-order valence-corrected chi connectivity index (χ2v) is 8.31. The zero-order valence-corrected chi connectivity index (χ0v) is 16.5. The average Bonchev–Trinajstić information content (AvgIpc) is 2.85. The van der Waals surface area contributed by atoms with E-state index in [0.29, 0.717) is 10.4 Å². The van der Waals surface area contributed by atoms with Crippen molar-refractivity contribution in [2.75, 3.05) is 5.32 Å². The van der Waals surface area contributed by atoms with Crippen LogP contribution in [-0.4, -0.2) is 28.1 Å². The van der Waals surface area contributed by atoms with Crippen LogP contribution in [0.3, 0.4) is 0 Å². The van der Waals surface area contributed by atoms with Gasteiger partial charge in [0.2, 0.25) is 5.91 Å². The summed E-state index contributed by atoms with van der Waals surface area (Å²) >= 11 is 3.24. The summed E-state index contributed by atoms with van der Waals surface area (Å²) in [6, 6.07) is 5.11. The minimum Gasteiger partial charge on any atom is -0.460 e. The molecule has 5 nitrogen and oxygen atoms in total. The number of anilines is 1. The van der Waals surface area contributed by atoms with Crippen molar-refractivity contribution in [3.05, 3.63) is 22.8 Å². The van der Waals surface area contributed by atoms with Crippen LogP contribution < -0.4 is 5.32 Å². The van der Waals surface area contributed by atoms with Crippen molar-refractivity contribution >= 4 is 33.6 Å². The van der Waals surface area contributed by atoms with E-state index >= 15 is 0 Å². The first kappa shape index (κ1) is 19.8. The third-order valence-electron chi connectivity index (χ3n) is 4.30. The molecule has 0 spiro atoms. The maximum atomic E-state index is 14.9. The molecule has 1 aromatic rings. The Bertz CT molecular complexity index is 662. The van der Waals surface area contributed by atoms with Gasteiger partial charge in [0.1, 0.15) is 21.7 Å². The maximum Gasteiger partial charge on any atom is 0.310 e. The van der Waals surface area contributed by atoms with E-state index in [9.17, 15) is 14.0 Å². The molecular weight excluding hydrogens is 391 g/mol. The standard InChI is InChI=1S/C18H24BrFN2O3/c1-5-18(20)9-11(12(10-18)16(24)25-17(2,3)4)15(23)22-14-8-6-7-13(19)21-14/h6-8,11-12H,5,9-10H2,1-4H3,(H,21,22,23)/t11-,12?,18-/m1/s1. The number of nitrogens with one attached hydrogen (secondary N) is 1. The van der Waals surface area contributed by atoms with Gasteiger partial charge in [0, 0.05) is 0 Å². The van der Waals surface area contributed by atoms with Crippen LogP contribution in [-0.2, 0) is 14.3 Å². The number of esters is 1. The Balaban J connectivity index is 2.19. The van der Waals surface area contributed by atoms with Gasteiger partial charge in [-0.1, -0.05) is 13.0 Å². The predicted octanol–water partition coefficient (Wildman–Crippen LogP) is 4.27. The van der Waals surface area contributed by atoms with Crippen LogP contribution in [0.2, 0.25) is 0 Å². The summed E-state index contributed by atoms with van der Waals surface area (Å²) in [6.07, 6.45) is 0.265. The van der Waals surface area contributed by atoms with E-state index in [4.69, 9.17) is 4.74 Å². The van der Waals surface area contributed by atoms with Gasteiger partial charge in [-0.15, -0.1) is 0 Å². The zero-order valence-electron chi connectivity index (χ0n) is 14.9. The number of hydrogen-bond acceptors (Lipinski definition) is 4. The van der Waals surface area contributed by atoms with Gasteiger partial charge in [-0.2, -0.15) is 0 Å². The van der Waals surface area contributed by atoms with Gasteiger partial charge in [0.15, 0.2) is 0 Å². The van der Waals surface area contributed by atoms with Crippen molar-refractivity contribution in [1.82, 2.24) is 4.98 Å². The molecule has 1 heterocycles. The van der Waals surface area contributed by atoms with Crippen LogP contribution in [0, 0.1) is 11.8 Å². The lowest BCUT2D eigenvalue weighted by molar-refractivity contribution is -0.162. The molecule has 25 heavy (non-hydrogen) atoms. The Kier molecular flexibility index (Phi) is 5.86. The molecule has 0 aliphatic heterocycles. The second kappa shape index (κ2) is 7.40. The predicted molar refractivity (Wildman–Crippen MR) is 96.8 cm³/mol. The number of nitrogens with zero attached hydrogens (tertiary/aromatic N) is 1. The van der Waals surface area contributed by atoms with Gasteiger partial charge in [-0.05, 0) is 68.1 Å². The van der Waals surface area contributed by atoms with Gasteiger partial charge in [-0.25, -0.2) is 9.37 Å². The van der Waals surface area contributed by atoms with Gasteiger partial charge in [0.05, 0.1) is 11.8 Å². The number of pyridine rings is 1. The molecular formula is C18H24BrFN2O3. The largest absolute Gasteiger partial charge is 0.460 e. The lowest BCUT2D eigenvalue weighted by atomic mass is 9.95. The number of carbonyl (C=O) groups is 2. The molecule has 3 atom stereocenters. The summed E-state index contributed by atoms with van der Waals surface area (Å²) in [5.41, 5.74) is -2.22. The molecule has 1 aliphatic rings. The Morgan fingerprint density at radius 3 is 2.56 bits per heavy atom. The number of aromatic nitrogens is 1. The van der Waals surface area contributed by atoms with E-state index in [1.54, 1.807) is 45.9 Å². The Morgan fingerprint density at radius 2 is 2.00 bits per heavy atom. The molecule has 7 heteroatoms. The highest BCUT2D eigenvalue weighted by atomic mass is 79.9. The quantitative estimate of drug-likeness (QED) is 0.589. The summed E-state index contributed by atoms with van der Waals surface area (Å²) in [6.45, 7) is 6.98. The Labute approximate surface area is 155 Å². The van der Waals surface area contributed by atoms with Crippen molar-refractivity contribution in [2.45, 2.75) is 58.2 Å². The number of rotatable bonds is 4. The first-order valence-corrected chi connectivity index (χ1v) is 9.17. The van der Waals surface area contributed by atoms with Crippen LogP contribution in [0.15, 0.2) is 22.8 Å². The molecule has 1 aromatic heterocycles. The van der Waals surface area contributed by atoms with Gasteiger partial charge in [-0.3, -0.25) is 9.59 Å². The first-order valence-electron chi connectivity index (χ1n) is 8.38. The van der Waals surface area contributed by atoms with E-state index in [2.05, 4.69) is 26.2 Å². The van der Waals surface area contributed by atoms with Crippen molar-refractivity contribution in [3.63, 3.8) is 0 Å². The molecule has 1 aliphatic carbocycles. The number of amides is 1. The third kappa shape index (κ3) is 5.23. The number of halogens is 2. The molecule has 0 aromatic carbocycles. The Morgan fingerprint density at radius 1 is 1.36 bits per heavy atom. The fraction of sp³-hybridized carbons (Fsp3) is 0.611. The minimum atomic E-state index is -1.53. The highest BCUT2D eigenvalue weighted by Gasteiger charge is 2.51. The molecule has 1 unspecified atom stereocenters. The van der Waals surface area contributed by atoms with Crippen LogP contribution in [0.4, 0.5) is 10.2 Å². The fourth-order valence-corrected chi connectivity index (χ4v) is 3.39. The summed E-state index contributed by atoms with van der Waals surface area (Å²) in [5.74, 6) is -2.15. The molecule has 138 valence electrons. The van der Waals surface area contributed by atoms with Gasteiger partial charge in [0.25, 0.3) is 0 Å². The monoisotopic (exact) mass is 414 g/mol. The minimum absolute atomic E-state index is 0.00239. The van der Waals surface area contributed by atoms with Crippen molar-refractivity contribution in [3.8, 4) is 0 Å². The van der Waals surface area contributed by atoms with E-state index in [1.807, 2.05) is 0 Å². The SMILES string of the molecule is CC[C@]1(F)CC(C(=O)OC(C)(C)C)[C@H](C(=O)Nc2cccc(Br)n2)C1. The number of carbonyl (C=O) groups excluding carboxylic acids is 2. The summed E-state index contributed by atoms with van der Waals surface area (Å²) < 4.78 is 20.9. The molecule has 0 saturated heterocycles. The molecule has 0 radical (unpaired) electrons. The van der Waals surface area contributed by atoms with Crippen LogP contribution in [0.25, 0.3) is 0 Å².